The molecule has 0 saturated carbocycles. The lowest BCUT2D eigenvalue weighted by Crippen LogP contribution is -2.20. The van der Waals surface area contributed by atoms with Gasteiger partial charge in [-0.05, 0) is 36.7 Å². The molecule has 22 heavy (non-hydrogen) atoms. The molecule has 0 aromatic carbocycles. The Balaban J connectivity index is 2.24. The molecule has 5 heteroatoms. The molecule has 0 radical (unpaired) electrons. The summed E-state index contributed by atoms with van der Waals surface area (Å²) in [5.74, 6) is 0.518. The minimum absolute atomic E-state index is 0.0406. The van der Waals surface area contributed by atoms with Crippen LogP contribution in [0.3, 0.4) is 0 Å². The first-order chi connectivity index (χ1) is 10.4. The van der Waals surface area contributed by atoms with Gasteiger partial charge in [0.1, 0.15) is 5.00 Å². The molecule has 122 valence electrons. The van der Waals surface area contributed by atoms with Crippen molar-refractivity contribution in [3.05, 3.63) is 16.0 Å². The first kappa shape index (κ1) is 17.0. The van der Waals surface area contributed by atoms with Gasteiger partial charge >= 0.3 is 0 Å². The molecule has 1 aliphatic carbocycles. The Kier molecular flexibility index (Phi) is 5.62. The smallest absolute Gasteiger partial charge is 0.251 e. The predicted molar refractivity (Wildman–Crippen MR) is 91.3 cm³/mol. The first-order valence-electron chi connectivity index (χ1n) is 8.16. The topological polar surface area (TPSA) is 72.2 Å². The largest absolute Gasteiger partial charge is 0.365 e. The number of hydrogen-bond donors (Lipinski definition) is 2. The second-order valence-corrected chi connectivity index (χ2v) is 7.72. The second-order valence-electron chi connectivity index (χ2n) is 6.62. The zero-order valence-corrected chi connectivity index (χ0v) is 14.5. The number of rotatable bonds is 6. The number of carbonyl (C=O) groups excluding carboxylic acids is 2. The van der Waals surface area contributed by atoms with Gasteiger partial charge in [-0.25, -0.2) is 0 Å². The van der Waals surface area contributed by atoms with Crippen LogP contribution in [0.2, 0.25) is 0 Å². The molecule has 1 aromatic heterocycles. The van der Waals surface area contributed by atoms with Crippen molar-refractivity contribution in [3.8, 4) is 0 Å². The molecule has 0 unspecified atom stereocenters. The number of amides is 2. The van der Waals surface area contributed by atoms with E-state index in [0.29, 0.717) is 28.8 Å². The van der Waals surface area contributed by atoms with Crippen molar-refractivity contribution in [2.24, 2.45) is 17.6 Å². The minimum Gasteiger partial charge on any atom is -0.365 e. The van der Waals surface area contributed by atoms with E-state index in [0.717, 1.165) is 24.8 Å². The Morgan fingerprint density at radius 2 is 2.14 bits per heavy atom. The van der Waals surface area contributed by atoms with Crippen LogP contribution in [0.1, 0.15) is 67.3 Å². The molecule has 0 bridgehead atoms. The lowest BCUT2D eigenvalue weighted by atomic mass is 9.84. The van der Waals surface area contributed by atoms with Gasteiger partial charge in [-0.1, -0.05) is 33.6 Å². The lowest BCUT2D eigenvalue weighted by Gasteiger charge is -2.21. The highest BCUT2D eigenvalue weighted by Crippen LogP contribution is 2.40. The highest BCUT2D eigenvalue weighted by Gasteiger charge is 2.28. The van der Waals surface area contributed by atoms with Gasteiger partial charge in [0.2, 0.25) is 5.91 Å². The van der Waals surface area contributed by atoms with Gasteiger partial charge in [0.15, 0.2) is 0 Å². The van der Waals surface area contributed by atoms with E-state index in [4.69, 9.17) is 5.73 Å². The summed E-state index contributed by atoms with van der Waals surface area (Å²) >= 11 is 1.54. The van der Waals surface area contributed by atoms with Crippen LogP contribution < -0.4 is 11.1 Å². The molecule has 3 N–H and O–H groups in total. The SMILES string of the molecule is CCC[C@H]1CCc2c(sc(NC(=O)CC(C)C)c2C(N)=O)C1. The van der Waals surface area contributed by atoms with Crippen molar-refractivity contribution in [3.63, 3.8) is 0 Å². The number of thiophene rings is 1. The zero-order chi connectivity index (χ0) is 16.3. The third-order valence-corrected chi connectivity index (χ3v) is 5.33. The van der Waals surface area contributed by atoms with E-state index in [1.165, 1.54) is 17.7 Å². The fourth-order valence-corrected chi connectivity index (χ4v) is 4.59. The van der Waals surface area contributed by atoms with Gasteiger partial charge in [0.25, 0.3) is 5.91 Å². The van der Waals surface area contributed by atoms with Gasteiger partial charge < -0.3 is 11.1 Å². The van der Waals surface area contributed by atoms with E-state index in [-0.39, 0.29) is 5.91 Å². The normalized spacial score (nSPS) is 17.4. The van der Waals surface area contributed by atoms with Crippen LogP contribution in [0, 0.1) is 11.8 Å². The number of primary amides is 1. The number of fused-ring (bicyclic) bond motifs is 1. The molecule has 0 aliphatic heterocycles. The highest BCUT2D eigenvalue weighted by molar-refractivity contribution is 7.17. The van der Waals surface area contributed by atoms with Gasteiger partial charge in [0, 0.05) is 11.3 Å². The molecular formula is C17H26N2O2S. The summed E-state index contributed by atoms with van der Waals surface area (Å²) in [6.45, 7) is 6.21. The standard InChI is InChI=1S/C17H26N2O2S/c1-4-5-11-6-7-12-13(9-11)22-17(15(12)16(18)21)19-14(20)8-10(2)3/h10-11H,4-9H2,1-3H3,(H2,18,21)(H,19,20)/t11-/m0/s1. The summed E-state index contributed by atoms with van der Waals surface area (Å²) in [5.41, 5.74) is 7.19. The molecule has 4 nitrogen and oxygen atoms in total. The Hall–Kier alpha value is -1.36. The van der Waals surface area contributed by atoms with E-state index >= 15 is 0 Å². The van der Waals surface area contributed by atoms with Crippen LogP contribution >= 0.6 is 11.3 Å². The molecule has 1 aliphatic rings. The minimum atomic E-state index is -0.425. The molecule has 1 atom stereocenters. The summed E-state index contributed by atoms with van der Waals surface area (Å²) in [4.78, 5) is 25.1. The van der Waals surface area contributed by atoms with Gasteiger partial charge in [0.05, 0.1) is 5.56 Å². The Labute approximate surface area is 136 Å². The molecule has 2 amide bonds. The molecule has 2 rings (SSSR count). The zero-order valence-electron chi connectivity index (χ0n) is 13.7. The van der Waals surface area contributed by atoms with Crippen LogP contribution in [0.15, 0.2) is 0 Å². The van der Waals surface area contributed by atoms with Crippen molar-refractivity contribution < 1.29 is 9.59 Å². The fourth-order valence-electron chi connectivity index (χ4n) is 3.21. The number of hydrogen-bond acceptors (Lipinski definition) is 3. The Bertz CT molecular complexity index is 563. The quantitative estimate of drug-likeness (QED) is 0.837. The molecular weight excluding hydrogens is 296 g/mol. The lowest BCUT2D eigenvalue weighted by molar-refractivity contribution is -0.116. The van der Waals surface area contributed by atoms with Crippen LogP contribution in [0.25, 0.3) is 0 Å². The maximum atomic E-state index is 12.0. The fraction of sp³-hybridized carbons (Fsp3) is 0.647. The van der Waals surface area contributed by atoms with Crippen molar-refractivity contribution in [2.45, 2.75) is 59.3 Å². The summed E-state index contributed by atoms with van der Waals surface area (Å²) in [6, 6.07) is 0. The maximum Gasteiger partial charge on any atom is 0.251 e. The number of nitrogens with one attached hydrogen (secondary N) is 1. The summed E-state index contributed by atoms with van der Waals surface area (Å²) in [6.07, 6.45) is 5.88. The Morgan fingerprint density at radius 3 is 2.73 bits per heavy atom. The van der Waals surface area contributed by atoms with Gasteiger partial charge in [-0.2, -0.15) is 0 Å². The maximum absolute atomic E-state index is 12.0. The number of nitrogens with two attached hydrogens (primary N) is 1. The van der Waals surface area contributed by atoms with Gasteiger partial charge in [-0.3, -0.25) is 9.59 Å². The van der Waals surface area contributed by atoms with Crippen LogP contribution in [0.4, 0.5) is 5.00 Å². The second kappa shape index (κ2) is 7.27. The van der Waals surface area contributed by atoms with E-state index in [1.54, 1.807) is 11.3 Å². The molecule has 1 aromatic rings. The number of carbonyl (C=O) groups is 2. The van der Waals surface area contributed by atoms with E-state index in [2.05, 4.69) is 12.2 Å². The van der Waals surface area contributed by atoms with E-state index in [1.807, 2.05) is 13.8 Å². The summed E-state index contributed by atoms with van der Waals surface area (Å²) in [5, 5.41) is 3.56. The van der Waals surface area contributed by atoms with Crippen molar-refractivity contribution in [1.29, 1.82) is 0 Å². The molecule has 0 fully saturated rings. The van der Waals surface area contributed by atoms with Crippen molar-refractivity contribution in [2.75, 3.05) is 5.32 Å². The third kappa shape index (κ3) is 3.88. The summed E-state index contributed by atoms with van der Waals surface area (Å²) in [7, 11) is 0. The van der Waals surface area contributed by atoms with Gasteiger partial charge in [-0.15, -0.1) is 11.3 Å². The predicted octanol–water partition coefficient (Wildman–Crippen LogP) is 3.74. The average Bonchev–Trinajstić information content (AvgIpc) is 2.74. The summed E-state index contributed by atoms with van der Waals surface area (Å²) < 4.78 is 0. The molecule has 1 heterocycles. The van der Waals surface area contributed by atoms with Crippen LogP contribution in [0.5, 0.6) is 0 Å². The van der Waals surface area contributed by atoms with Crippen LogP contribution in [-0.4, -0.2) is 11.8 Å². The average molecular weight is 322 g/mol. The first-order valence-corrected chi connectivity index (χ1v) is 8.98. The molecule has 0 spiro atoms. The third-order valence-electron chi connectivity index (χ3n) is 4.16. The Morgan fingerprint density at radius 1 is 1.41 bits per heavy atom. The van der Waals surface area contributed by atoms with E-state index < -0.39 is 5.91 Å². The highest BCUT2D eigenvalue weighted by atomic mass is 32.1. The molecule has 0 saturated heterocycles. The van der Waals surface area contributed by atoms with Crippen LogP contribution in [-0.2, 0) is 17.6 Å². The van der Waals surface area contributed by atoms with Crippen molar-refractivity contribution in [1.82, 2.24) is 0 Å². The number of anilines is 1. The van der Waals surface area contributed by atoms with E-state index in [9.17, 15) is 9.59 Å². The van der Waals surface area contributed by atoms with Crippen molar-refractivity contribution >= 4 is 28.2 Å². The monoisotopic (exact) mass is 322 g/mol.